The number of nitrogens with zero attached hydrogens (tertiary/aromatic N) is 1. The van der Waals surface area contributed by atoms with E-state index >= 15 is 0 Å². The van der Waals surface area contributed by atoms with Crippen LogP contribution in [0.4, 0.5) is 11.4 Å². The average molecular weight is 378 g/mol. The van der Waals surface area contributed by atoms with E-state index in [0.29, 0.717) is 11.5 Å². The first kappa shape index (κ1) is 18.7. The quantitative estimate of drug-likeness (QED) is 0.457. The molecule has 5 nitrogen and oxygen atoms in total. The van der Waals surface area contributed by atoms with Gasteiger partial charge < -0.3 is 5.32 Å². The Morgan fingerprint density at radius 1 is 0.926 bits per heavy atom. The van der Waals surface area contributed by atoms with Gasteiger partial charge in [-0.25, -0.2) is 0 Å². The summed E-state index contributed by atoms with van der Waals surface area (Å²) < 4.78 is 0. The molecule has 0 bridgehead atoms. The van der Waals surface area contributed by atoms with E-state index in [2.05, 4.69) is 5.32 Å². The van der Waals surface area contributed by atoms with Gasteiger partial charge in [-0.3, -0.25) is 14.9 Å². The van der Waals surface area contributed by atoms with Crippen molar-refractivity contribution in [2.24, 2.45) is 0 Å². The minimum Gasteiger partial charge on any atom is -0.325 e. The molecule has 0 saturated carbocycles. The van der Waals surface area contributed by atoms with Crippen LogP contribution in [0.5, 0.6) is 0 Å². The highest BCUT2D eigenvalue weighted by Crippen LogP contribution is 2.27. The fraction of sp³-hybridized carbons (Fsp3) is 0.0952. The number of non-ortho nitro benzene ring substituents is 1. The minimum atomic E-state index is -0.422. The van der Waals surface area contributed by atoms with Crippen LogP contribution in [0, 0.1) is 10.1 Å². The number of nitro groups is 1. The zero-order valence-corrected chi connectivity index (χ0v) is 15.3. The average Bonchev–Trinajstić information content (AvgIpc) is 2.69. The van der Waals surface area contributed by atoms with Crippen LogP contribution in [0.2, 0.25) is 0 Å². The van der Waals surface area contributed by atoms with Gasteiger partial charge in [0.2, 0.25) is 5.91 Å². The summed E-state index contributed by atoms with van der Waals surface area (Å²) >= 11 is 1.47. The predicted molar refractivity (Wildman–Crippen MR) is 110 cm³/mol. The lowest BCUT2D eigenvalue weighted by molar-refractivity contribution is -0.384. The normalized spacial score (nSPS) is 10.4. The van der Waals surface area contributed by atoms with Crippen LogP contribution in [0.15, 0.2) is 78.9 Å². The number of carbonyl (C=O) groups excluding carboxylic acids is 1. The SMILES string of the molecule is O=C(CSCc1ccc([N+](=O)[O-])cc1)Nc1ccccc1-c1ccccc1. The smallest absolute Gasteiger partial charge is 0.269 e. The molecule has 3 aromatic rings. The Balaban J connectivity index is 1.56. The van der Waals surface area contributed by atoms with E-state index in [1.54, 1.807) is 12.1 Å². The third-order valence-corrected chi connectivity index (χ3v) is 4.94. The summed E-state index contributed by atoms with van der Waals surface area (Å²) in [5.74, 6) is 0.844. The van der Waals surface area contributed by atoms with Crippen molar-refractivity contribution in [1.82, 2.24) is 0 Å². The molecule has 0 spiro atoms. The second-order valence-electron chi connectivity index (χ2n) is 5.88. The molecule has 0 unspecified atom stereocenters. The maximum Gasteiger partial charge on any atom is 0.269 e. The van der Waals surface area contributed by atoms with Crippen molar-refractivity contribution >= 4 is 29.0 Å². The van der Waals surface area contributed by atoms with E-state index in [-0.39, 0.29) is 11.6 Å². The molecule has 136 valence electrons. The number of nitrogens with one attached hydrogen (secondary N) is 1. The molecule has 0 fully saturated rings. The highest BCUT2D eigenvalue weighted by Gasteiger charge is 2.09. The molecule has 0 aliphatic rings. The van der Waals surface area contributed by atoms with Gasteiger partial charge in [0, 0.05) is 29.1 Å². The van der Waals surface area contributed by atoms with Gasteiger partial charge in [0.05, 0.1) is 10.7 Å². The van der Waals surface area contributed by atoms with Crippen LogP contribution in [-0.4, -0.2) is 16.6 Å². The summed E-state index contributed by atoms with van der Waals surface area (Å²) in [5.41, 5.74) is 3.82. The van der Waals surface area contributed by atoms with Crippen LogP contribution in [0.1, 0.15) is 5.56 Å². The third-order valence-electron chi connectivity index (χ3n) is 3.93. The molecule has 0 aromatic heterocycles. The Bertz CT molecular complexity index is 928. The Kier molecular flexibility index (Phi) is 6.22. The molecule has 0 aliphatic carbocycles. The zero-order chi connectivity index (χ0) is 19.1. The number of benzene rings is 3. The summed E-state index contributed by atoms with van der Waals surface area (Å²) in [4.78, 5) is 22.6. The molecule has 0 saturated heterocycles. The summed E-state index contributed by atoms with van der Waals surface area (Å²) in [6, 6.07) is 24.0. The lowest BCUT2D eigenvalue weighted by atomic mass is 10.0. The molecule has 0 radical (unpaired) electrons. The molecule has 3 aromatic carbocycles. The fourth-order valence-corrected chi connectivity index (χ4v) is 3.41. The summed E-state index contributed by atoms with van der Waals surface area (Å²) in [6.45, 7) is 0. The lowest BCUT2D eigenvalue weighted by Gasteiger charge is -2.11. The minimum absolute atomic E-state index is 0.0685. The molecule has 1 amide bonds. The van der Waals surface area contributed by atoms with Crippen molar-refractivity contribution in [2.45, 2.75) is 5.75 Å². The Labute approximate surface area is 161 Å². The van der Waals surface area contributed by atoms with Crippen LogP contribution < -0.4 is 5.32 Å². The zero-order valence-electron chi connectivity index (χ0n) is 14.5. The molecule has 27 heavy (non-hydrogen) atoms. The van der Waals surface area contributed by atoms with Crippen molar-refractivity contribution in [3.63, 3.8) is 0 Å². The second-order valence-corrected chi connectivity index (χ2v) is 6.86. The van der Waals surface area contributed by atoms with Crippen molar-refractivity contribution < 1.29 is 9.72 Å². The number of rotatable bonds is 7. The van der Waals surface area contributed by atoms with Gasteiger partial charge in [0.1, 0.15) is 0 Å². The van der Waals surface area contributed by atoms with Gasteiger partial charge in [-0.05, 0) is 17.2 Å². The number of carbonyl (C=O) groups is 1. The maximum atomic E-state index is 12.3. The molecule has 0 heterocycles. The van der Waals surface area contributed by atoms with E-state index in [9.17, 15) is 14.9 Å². The topological polar surface area (TPSA) is 72.2 Å². The molecule has 3 rings (SSSR count). The second kappa shape index (κ2) is 9.00. The van der Waals surface area contributed by atoms with E-state index in [4.69, 9.17) is 0 Å². The predicted octanol–water partition coefficient (Wildman–Crippen LogP) is 5.13. The molecule has 0 atom stereocenters. The van der Waals surface area contributed by atoms with Gasteiger partial charge in [-0.2, -0.15) is 0 Å². The number of nitro benzene ring substituents is 1. The number of hydrogen-bond acceptors (Lipinski definition) is 4. The molecular formula is C21H18N2O3S. The van der Waals surface area contributed by atoms with E-state index < -0.39 is 4.92 Å². The van der Waals surface area contributed by atoms with Crippen LogP contribution in [0.3, 0.4) is 0 Å². The number of anilines is 1. The van der Waals surface area contributed by atoms with Crippen LogP contribution in [-0.2, 0) is 10.5 Å². The van der Waals surface area contributed by atoms with Crippen molar-refractivity contribution in [2.75, 3.05) is 11.1 Å². The Hall–Kier alpha value is -3.12. The first-order valence-corrected chi connectivity index (χ1v) is 9.54. The van der Waals surface area contributed by atoms with Gasteiger partial charge in [0.15, 0.2) is 0 Å². The maximum absolute atomic E-state index is 12.3. The molecule has 6 heteroatoms. The number of para-hydroxylation sites is 1. The van der Waals surface area contributed by atoms with Crippen molar-refractivity contribution in [1.29, 1.82) is 0 Å². The lowest BCUT2D eigenvalue weighted by Crippen LogP contribution is -2.14. The molecule has 0 aliphatic heterocycles. The summed E-state index contributed by atoms with van der Waals surface area (Å²) in [6.07, 6.45) is 0. The van der Waals surface area contributed by atoms with Crippen molar-refractivity contribution in [3.05, 3.63) is 94.5 Å². The van der Waals surface area contributed by atoms with Crippen LogP contribution >= 0.6 is 11.8 Å². The highest BCUT2D eigenvalue weighted by molar-refractivity contribution is 7.99. The first-order chi connectivity index (χ1) is 13.1. The van der Waals surface area contributed by atoms with Gasteiger partial charge in [-0.15, -0.1) is 11.8 Å². The van der Waals surface area contributed by atoms with E-state index in [1.807, 2.05) is 54.6 Å². The standard InChI is InChI=1S/C21H18N2O3S/c24-21(15-27-14-16-10-12-18(13-11-16)23(25)26)22-20-9-5-4-8-19(20)17-6-2-1-3-7-17/h1-13H,14-15H2,(H,22,24). The van der Waals surface area contributed by atoms with Gasteiger partial charge >= 0.3 is 0 Å². The van der Waals surface area contributed by atoms with E-state index in [0.717, 1.165) is 22.4 Å². The van der Waals surface area contributed by atoms with Crippen molar-refractivity contribution in [3.8, 4) is 11.1 Å². The number of hydrogen-bond donors (Lipinski definition) is 1. The van der Waals surface area contributed by atoms with Crippen LogP contribution in [0.25, 0.3) is 11.1 Å². The summed E-state index contributed by atoms with van der Waals surface area (Å²) in [7, 11) is 0. The number of thioether (sulfide) groups is 1. The van der Waals surface area contributed by atoms with Gasteiger partial charge in [-0.1, -0.05) is 60.7 Å². The summed E-state index contributed by atoms with van der Waals surface area (Å²) in [5, 5.41) is 13.6. The third kappa shape index (κ3) is 5.18. The highest BCUT2D eigenvalue weighted by atomic mass is 32.2. The monoisotopic (exact) mass is 378 g/mol. The van der Waals surface area contributed by atoms with E-state index in [1.165, 1.54) is 23.9 Å². The Morgan fingerprint density at radius 3 is 2.30 bits per heavy atom. The molecule has 1 N–H and O–H groups in total. The number of amides is 1. The first-order valence-electron chi connectivity index (χ1n) is 8.39. The van der Waals surface area contributed by atoms with Gasteiger partial charge in [0.25, 0.3) is 5.69 Å². The molecular weight excluding hydrogens is 360 g/mol. The Morgan fingerprint density at radius 2 is 1.59 bits per heavy atom. The fourth-order valence-electron chi connectivity index (χ4n) is 2.62. The largest absolute Gasteiger partial charge is 0.325 e.